The number of nitrogens with zero attached hydrogens (tertiary/aromatic N) is 5. The maximum atomic E-state index is 13.0. The SMILES string of the molecule is COc1cccc(N2CCN(C(=O)c3nnn4c3C(=O)NC(C(C)C)C4)CC2)c1. The molecule has 2 amide bonds. The van der Waals surface area contributed by atoms with Gasteiger partial charge in [-0.2, -0.15) is 0 Å². The first kappa shape index (κ1) is 19.2. The van der Waals surface area contributed by atoms with E-state index in [1.165, 1.54) is 0 Å². The fourth-order valence-corrected chi connectivity index (χ4v) is 3.78. The molecule has 9 nitrogen and oxygen atoms in total. The molecule has 1 aromatic heterocycles. The summed E-state index contributed by atoms with van der Waals surface area (Å²) >= 11 is 0. The fraction of sp³-hybridized carbons (Fsp3) is 0.500. The number of nitrogens with one attached hydrogen (secondary N) is 1. The molecule has 0 aliphatic carbocycles. The van der Waals surface area contributed by atoms with Crippen LogP contribution in [-0.2, 0) is 6.54 Å². The van der Waals surface area contributed by atoms with Gasteiger partial charge in [0.2, 0.25) is 0 Å². The standard InChI is InChI=1S/C20H26N6O3/c1-13(2)16-12-26-18(19(27)21-16)17(22-23-26)20(28)25-9-7-24(8-10-25)14-5-4-6-15(11-14)29-3/h4-6,11,13,16H,7-10,12H2,1-3H3,(H,21,27). The van der Waals surface area contributed by atoms with E-state index < -0.39 is 0 Å². The van der Waals surface area contributed by atoms with Crippen molar-refractivity contribution in [3.8, 4) is 5.75 Å². The molecular formula is C20H26N6O3. The summed E-state index contributed by atoms with van der Waals surface area (Å²) < 4.78 is 6.85. The molecule has 0 bridgehead atoms. The third-order valence-corrected chi connectivity index (χ3v) is 5.63. The van der Waals surface area contributed by atoms with E-state index >= 15 is 0 Å². The lowest BCUT2D eigenvalue weighted by molar-refractivity contribution is 0.0730. The van der Waals surface area contributed by atoms with Gasteiger partial charge in [-0.25, -0.2) is 4.68 Å². The fourth-order valence-electron chi connectivity index (χ4n) is 3.78. The van der Waals surface area contributed by atoms with Crippen LogP contribution < -0.4 is 15.0 Å². The number of carbonyl (C=O) groups is 2. The van der Waals surface area contributed by atoms with Crippen molar-refractivity contribution in [3.05, 3.63) is 35.7 Å². The van der Waals surface area contributed by atoms with Crippen molar-refractivity contribution in [1.29, 1.82) is 0 Å². The van der Waals surface area contributed by atoms with E-state index in [0.29, 0.717) is 32.7 Å². The van der Waals surface area contributed by atoms with Gasteiger partial charge in [0.25, 0.3) is 11.8 Å². The van der Waals surface area contributed by atoms with Crippen LogP contribution in [0.15, 0.2) is 24.3 Å². The van der Waals surface area contributed by atoms with Crippen LogP contribution in [0.1, 0.15) is 34.8 Å². The van der Waals surface area contributed by atoms with Crippen LogP contribution in [0.3, 0.4) is 0 Å². The largest absolute Gasteiger partial charge is 0.497 e. The molecule has 0 radical (unpaired) electrons. The Labute approximate surface area is 169 Å². The van der Waals surface area contributed by atoms with E-state index in [4.69, 9.17) is 4.74 Å². The van der Waals surface area contributed by atoms with E-state index in [-0.39, 0.29) is 35.2 Å². The number of benzene rings is 1. The highest BCUT2D eigenvalue weighted by Gasteiger charge is 2.35. The van der Waals surface area contributed by atoms with E-state index in [2.05, 4.69) is 20.5 Å². The highest BCUT2D eigenvalue weighted by atomic mass is 16.5. The van der Waals surface area contributed by atoms with Crippen molar-refractivity contribution in [2.75, 3.05) is 38.2 Å². The summed E-state index contributed by atoms with van der Waals surface area (Å²) in [6, 6.07) is 7.88. The minimum atomic E-state index is -0.279. The van der Waals surface area contributed by atoms with Gasteiger partial charge >= 0.3 is 0 Å². The Morgan fingerprint density at radius 3 is 2.69 bits per heavy atom. The Morgan fingerprint density at radius 2 is 2.00 bits per heavy atom. The summed E-state index contributed by atoms with van der Waals surface area (Å²) in [6.45, 7) is 7.12. The molecule has 0 spiro atoms. The van der Waals surface area contributed by atoms with Crippen molar-refractivity contribution in [2.24, 2.45) is 5.92 Å². The summed E-state index contributed by atoms with van der Waals surface area (Å²) in [5, 5.41) is 11.1. The zero-order valence-corrected chi connectivity index (χ0v) is 17.0. The third kappa shape index (κ3) is 3.64. The number of amides is 2. The van der Waals surface area contributed by atoms with Crippen molar-refractivity contribution >= 4 is 17.5 Å². The van der Waals surface area contributed by atoms with Crippen LogP contribution in [-0.4, -0.2) is 71.0 Å². The second kappa shape index (κ2) is 7.73. The number of methoxy groups -OCH3 is 1. The normalized spacial score (nSPS) is 19.2. The lowest BCUT2D eigenvalue weighted by atomic mass is 10.0. The molecule has 1 saturated heterocycles. The van der Waals surface area contributed by atoms with Gasteiger partial charge in [-0.15, -0.1) is 5.10 Å². The molecule has 2 aliphatic heterocycles. The van der Waals surface area contributed by atoms with Crippen molar-refractivity contribution in [3.63, 3.8) is 0 Å². The maximum Gasteiger partial charge on any atom is 0.277 e. The number of piperazine rings is 1. The number of rotatable bonds is 4. The van der Waals surface area contributed by atoms with Crippen LogP contribution in [0.2, 0.25) is 0 Å². The van der Waals surface area contributed by atoms with Crippen LogP contribution in [0.25, 0.3) is 0 Å². The summed E-state index contributed by atoms with van der Waals surface area (Å²) in [6.07, 6.45) is 0. The van der Waals surface area contributed by atoms with Crippen LogP contribution in [0.4, 0.5) is 5.69 Å². The number of fused-ring (bicyclic) bond motifs is 1. The number of carbonyl (C=O) groups excluding carboxylic acids is 2. The quantitative estimate of drug-likeness (QED) is 0.827. The van der Waals surface area contributed by atoms with Gasteiger partial charge in [0, 0.05) is 37.9 Å². The molecule has 9 heteroatoms. The van der Waals surface area contributed by atoms with Crippen molar-refractivity contribution in [2.45, 2.75) is 26.4 Å². The zero-order chi connectivity index (χ0) is 20.5. The van der Waals surface area contributed by atoms with Crippen LogP contribution >= 0.6 is 0 Å². The monoisotopic (exact) mass is 398 g/mol. The average molecular weight is 398 g/mol. The molecular weight excluding hydrogens is 372 g/mol. The second-order valence-electron chi connectivity index (χ2n) is 7.77. The molecule has 29 heavy (non-hydrogen) atoms. The lowest BCUT2D eigenvalue weighted by Gasteiger charge is -2.36. The Morgan fingerprint density at radius 1 is 1.24 bits per heavy atom. The van der Waals surface area contributed by atoms with Gasteiger partial charge in [-0.05, 0) is 18.1 Å². The lowest BCUT2D eigenvalue weighted by Crippen LogP contribution is -2.50. The van der Waals surface area contributed by atoms with Gasteiger partial charge in [-0.1, -0.05) is 25.1 Å². The van der Waals surface area contributed by atoms with Crippen molar-refractivity contribution < 1.29 is 14.3 Å². The number of hydrogen-bond acceptors (Lipinski definition) is 6. The number of hydrogen-bond donors (Lipinski definition) is 1. The third-order valence-electron chi connectivity index (χ3n) is 5.63. The minimum absolute atomic E-state index is 0.00828. The van der Waals surface area contributed by atoms with E-state index in [0.717, 1.165) is 11.4 Å². The van der Waals surface area contributed by atoms with Crippen LogP contribution in [0, 0.1) is 5.92 Å². The highest BCUT2D eigenvalue weighted by Crippen LogP contribution is 2.23. The first-order chi connectivity index (χ1) is 14.0. The van der Waals surface area contributed by atoms with E-state index in [9.17, 15) is 9.59 Å². The topological polar surface area (TPSA) is 92.6 Å². The number of ether oxygens (including phenoxy) is 1. The predicted molar refractivity (Wildman–Crippen MR) is 107 cm³/mol. The summed E-state index contributed by atoms with van der Waals surface area (Å²) in [7, 11) is 1.65. The van der Waals surface area contributed by atoms with Gasteiger partial charge in [0.05, 0.1) is 19.7 Å². The summed E-state index contributed by atoms with van der Waals surface area (Å²) in [5.41, 5.74) is 1.47. The first-order valence-electron chi connectivity index (χ1n) is 9.90. The van der Waals surface area contributed by atoms with Gasteiger partial charge in [0.1, 0.15) is 5.75 Å². The molecule has 2 aliphatic rings. The molecule has 3 heterocycles. The van der Waals surface area contributed by atoms with Gasteiger partial charge < -0.3 is 19.9 Å². The van der Waals surface area contributed by atoms with E-state index in [1.54, 1.807) is 16.7 Å². The van der Waals surface area contributed by atoms with Gasteiger partial charge in [0.15, 0.2) is 11.4 Å². The summed E-state index contributed by atoms with van der Waals surface area (Å²) in [4.78, 5) is 29.5. The van der Waals surface area contributed by atoms with Crippen molar-refractivity contribution in [1.82, 2.24) is 25.2 Å². The molecule has 1 aromatic carbocycles. The Hall–Kier alpha value is -3.10. The molecule has 1 atom stereocenters. The smallest absolute Gasteiger partial charge is 0.277 e. The molecule has 2 aromatic rings. The number of anilines is 1. The molecule has 154 valence electrons. The van der Waals surface area contributed by atoms with Crippen LogP contribution in [0.5, 0.6) is 5.75 Å². The zero-order valence-electron chi connectivity index (χ0n) is 17.0. The minimum Gasteiger partial charge on any atom is -0.497 e. The second-order valence-corrected chi connectivity index (χ2v) is 7.77. The number of aromatic nitrogens is 3. The Kier molecular flexibility index (Phi) is 5.12. The Balaban J connectivity index is 1.45. The molecule has 4 rings (SSSR count). The van der Waals surface area contributed by atoms with Gasteiger partial charge in [-0.3, -0.25) is 9.59 Å². The average Bonchev–Trinajstić information content (AvgIpc) is 3.18. The molecule has 1 N–H and O–H groups in total. The molecule has 0 saturated carbocycles. The molecule has 1 fully saturated rings. The van der Waals surface area contributed by atoms with E-state index in [1.807, 2.05) is 38.1 Å². The highest BCUT2D eigenvalue weighted by molar-refractivity contribution is 6.05. The Bertz CT molecular complexity index is 917. The maximum absolute atomic E-state index is 13.0. The predicted octanol–water partition coefficient (Wildman–Crippen LogP) is 1.02. The summed E-state index contributed by atoms with van der Waals surface area (Å²) in [5.74, 6) is 0.565. The molecule has 1 unspecified atom stereocenters. The first-order valence-corrected chi connectivity index (χ1v) is 9.90.